The lowest BCUT2D eigenvalue weighted by atomic mass is 10.1. The SMILES string of the molecule is O=C([C@H]1CCOC1)N1CCOC[C@H]1c1ncnn1-c1ccccc1. The molecule has 2 aromatic rings. The Morgan fingerprint density at radius 3 is 2.75 bits per heavy atom. The van der Waals surface area contributed by atoms with Gasteiger partial charge in [0.15, 0.2) is 5.82 Å². The molecule has 126 valence electrons. The predicted octanol–water partition coefficient (Wildman–Crippen LogP) is 1.20. The van der Waals surface area contributed by atoms with Crippen LogP contribution in [0.3, 0.4) is 0 Å². The van der Waals surface area contributed by atoms with Crippen LogP contribution < -0.4 is 0 Å². The van der Waals surface area contributed by atoms with E-state index < -0.39 is 0 Å². The number of carbonyl (C=O) groups excluding carboxylic acids is 1. The topological polar surface area (TPSA) is 69.5 Å². The summed E-state index contributed by atoms with van der Waals surface area (Å²) < 4.78 is 12.8. The fourth-order valence-corrected chi connectivity index (χ4v) is 3.29. The van der Waals surface area contributed by atoms with Crippen molar-refractivity contribution in [1.29, 1.82) is 0 Å². The number of aromatic nitrogens is 3. The number of carbonyl (C=O) groups is 1. The van der Waals surface area contributed by atoms with E-state index in [9.17, 15) is 4.79 Å². The van der Waals surface area contributed by atoms with Crippen LogP contribution in [0.4, 0.5) is 0 Å². The molecule has 2 aliphatic rings. The van der Waals surface area contributed by atoms with Crippen LogP contribution in [0.5, 0.6) is 0 Å². The maximum atomic E-state index is 12.9. The quantitative estimate of drug-likeness (QED) is 0.847. The Kier molecular flexibility index (Phi) is 4.27. The van der Waals surface area contributed by atoms with Gasteiger partial charge < -0.3 is 14.4 Å². The largest absolute Gasteiger partial charge is 0.381 e. The average molecular weight is 328 g/mol. The highest BCUT2D eigenvalue weighted by molar-refractivity contribution is 5.79. The molecule has 2 aliphatic heterocycles. The molecule has 24 heavy (non-hydrogen) atoms. The van der Waals surface area contributed by atoms with Gasteiger partial charge in [0.1, 0.15) is 12.4 Å². The molecule has 4 rings (SSSR count). The van der Waals surface area contributed by atoms with Gasteiger partial charge in [0, 0.05) is 13.2 Å². The highest BCUT2D eigenvalue weighted by Crippen LogP contribution is 2.27. The number of nitrogens with zero attached hydrogens (tertiary/aromatic N) is 4. The molecule has 0 unspecified atom stereocenters. The van der Waals surface area contributed by atoms with Gasteiger partial charge in [-0.05, 0) is 18.6 Å². The summed E-state index contributed by atoms with van der Waals surface area (Å²) in [5.41, 5.74) is 0.923. The van der Waals surface area contributed by atoms with Crippen molar-refractivity contribution in [3.05, 3.63) is 42.5 Å². The smallest absolute Gasteiger partial charge is 0.228 e. The summed E-state index contributed by atoms with van der Waals surface area (Å²) in [6.45, 7) is 2.72. The van der Waals surface area contributed by atoms with Gasteiger partial charge in [-0.2, -0.15) is 5.10 Å². The maximum absolute atomic E-state index is 12.9. The number of morpholine rings is 1. The van der Waals surface area contributed by atoms with Crippen LogP contribution in [0.1, 0.15) is 18.3 Å². The van der Waals surface area contributed by atoms with Crippen LogP contribution in [0.15, 0.2) is 36.7 Å². The van der Waals surface area contributed by atoms with Crippen LogP contribution in [0.2, 0.25) is 0 Å². The number of benzene rings is 1. The minimum absolute atomic E-state index is 0.0568. The van der Waals surface area contributed by atoms with Crippen LogP contribution in [-0.2, 0) is 14.3 Å². The van der Waals surface area contributed by atoms with Crippen molar-refractivity contribution in [1.82, 2.24) is 19.7 Å². The Hall–Kier alpha value is -2.25. The van der Waals surface area contributed by atoms with Crippen molar-refractivity contribution in [2.24, 2.45) is 5.92 Å². The Balaban J connectivity index is 1.64. The van der Waals surface area contributed by atoms with E-state index in [2.05, 4.69) is 10.1 Å². The minimum Gasteiger partial charge on any atom is -0.381 e. The zero-order valence-electron chi connectivity index (χ0n) is 13.4. The Bertz CT molecular complexity index is 697. The second-order valence-electron chi connectivity index (χ2n) is 6.05. The van der Waals surface area contributed by atoms with Crippen LogP contribution >= 0.6 is 0 Å². The zero-order chi connectivity index (χ0) is 16.4. The standard InChI is InChI=1S/C17H20N4O3/c22-17(13-6-8-23-10-13)20-7-9-24-11-15(20)16-18-12-19-21(16)14-4-2-1-3-5-14/h1-5,12-13,15H,6-11H2/t13-,15-/m0/s1. The molecule has 0 spiro atoms. The third kappa shape index (κ3) is 2.81. The van der Waals surface area contributed by atoms with E-state index in [0.29, 0.717) is 33.0 Å². The van der Waals surface area contributed by atoms with E-state index in [0.717, 1.165) is 17.9 Å². The summed E-state index contributed by atoms with van der Waals surface area (Å²) in [6, 6.07) is 9.58. The second-order valence-corrected chi connectivity index (χ2v) is 6.05. The molecule has 2 fully saturated rings. The Morgan fingerprint density at radius 2 is 1.96 bits per heavy atom. The lowest BCUT2D eigenvalue weighted by Gasteiger charge is -2.36. The van der Waals surface area contributed by atoms with Crippen molar-refractivity contribution >= 4 is 5.91 Å². The summed E-state index contributed by atoms with van der Waals surface area (Å²) in [5, 5.41) is 4.34. The van der Waals surface area contributed by atoms with E-state index >= 15 is 0 Å². The van der Waals surface area contributed by atoms with E-state index in [1.807, 2.05) is 35.2 Å². The first-order chi connectivity index (χ1) is 11.8. The maximum Gasteiger partial charge on any atom is 0.228 e. The molecular weight excluding hydrogens is 308 g/mol. The fourth-order valence-electron chi connectivity index (χ4n) is 3.29. The van der Waals surface area contributed by atoms with E-state index in [1.54, 1.807) is 4.68 Å². The second kappa shape index (κ2) is 6.70. The minimum atomic E-state index is -0.227. The van der Waals surface area contributed by atoms with Crippen LogP contribution in [0.25, 0.3) is 5.69 Å². The van der Waals surface area contributed by atoms with Crippen LogP contribution in [-0.4, -0.2) is 58.5 Å². The highest BCUT2D eigenvalue weighted by Gasteiger charge is 2.36. The molecule has 0 radical (unpaired) electrons. The normalized spacial score (nSPS) is 24.2. The zero-order valence-corrected chi connectivity index (χ0v) is 13.4. The molecular formula is C17H20N4O3. The molecule has 7 nitrogen and oxygen atoms in total. The highest BCUT2D eigenvalue weighted by atomic mass is 16.5. The van der Waals surface area contributed by atoms with Gasteiger partial charge in [-0.15, -0.1) is 0 Å². The number of ether oxygens (including phenoxy) is 2. The summed E-state index contributed by atoms with van der Waals surface area (Å²) >= 11 is 0. The van der Waals surface area contributed by atoms with Gasteiger partial charge in [-0.25, -0.2) is 9.67 Å². The molecule has 2 atom stereocenters. The molecule has 3 heterocycles. The van der Waals surface area contributed by atoms with E-state index in [1.165, 1.54) is 6.33 Å². The van der Waals surface area contributed by atoms with Gasteiger partial charge in [0.2, 0.25) is 5.91 Å². The number of hydrogen-bond donors (Lipinski definition) is 0. The van der Waals surface area contributed by atoms with E-state index in [-0.39, 0.29) is 17.9 Å². The molecule has 0 N–H and O–H groups in total. The molecule has 1 aromatic carbocycles. The van der Waals surface area contributed by atoms with Crippen LogP contribution in [0, 0.1) is 5.92 Å². The average Bonchev–Trinajstić information content (AvgIpc) is 3.33. The summed E-state index contributed by atoms with van der Waals surface area (Å²) in [4.78, 5) is 19.2. The molecule has 0 bridgehead atoms. The Labute approximate surface area is 140 Å². The molecule has 2 saturated heterocycles. The predicted molar refractivity (Wildman–Crippen MR) is 85.6 cm³/mol. The Morgan fingerprint density at radius 1 is 1.12 bits per heavy atom. The van der Waals surface area contributed by atoms with Crippen molar-refractivity contribution in [3.63, 3.8) is 0 Å². The molecule has 1 amide bonds. The first-order valence-electron chi connectivity index (χ1n) is 8.26. The van der Waals surface area contributed by atoms with Gasteiger partial charge in [-0.3, -0.25) is 4.79 Å². The van der Waals surface area contributed by atoms with Crippen molar-refractivity contribution in [3.8, 4) is 5.69 Å². The molecule has 0 saturated carbocycles. The summed E-state index contributed by atoms with van der Waals surface area (Å²) in [5.74, 6) is 0.801. The number of rotatable bonds is 3. The fraction of sp³-hybridized carbons (Fsp3) is 0.471. The number of para-hydroxylation sites is 1. The van der Waals surface area contributed by atoms with E-state index in [4.69, 9.17) is 9.47 Å². The van der Waals surface area contributed by atoms with Gasteiger partial charge >= 0.3 is 0 Å². The number of amides is 1. The molecule has 1 aromatic heterocycles. The van der Waals surface area contributed by atoms with Gasteiger partial charge in [0.25, 0.3) is 0 Å². The summed E-state index contributed by atoms with van der Waals surface area (Å²) in [7, 11) is 0. The van der Waals surface area contributed by atoms with Crippen molar-refractivity contribution in [2.75, 3.05) is 33.0 Å². The monoisotopic (exact) mass is 328 g/mol. The lowest BCUT2D eigenvalue weighted by molar-refractivity contribution is -0.145. The third-order valence-electron chi connectivity index (χ3n) is 4.56. The first-order valence-corrected chi connectivity index (χ1v) is 8.26. The first kappa shape index (κ1) is 15.3. The number of hydrogen-bond acceptors (Lipinski definition) is 5. The molecule has 7 heteroatoms. The molecule has 0 aliphatic carbocycles. The van der Waals surface area contributed by atoms with Gasteiger partial charge in [-0.1, -0.05) is 18.2 Å². The third-order valence-corrected chi connectivity index (χ3v) is 4.56. The summed E-state index contributed by atoms with van der Waals surface area (Å²) in [6.07, 6.45) is 2.31. The van der Waals surface area contributed by atoms with Crippen molar-refractivity contribution in [2.45, 2.75) is 12.5 Å². The lowest BCUT2D eigenvalue weighted by Crippen LogP contribution is -2.47. The van der Waals surface area contributed by atoms with Crippen molar-refractivity contribution < 1.29 is 14.3 Å². The van der Waals surface area contributed by atoms with Gasteiger partial charge in [0.05, 0.1) is 31.4 Å².